The maximum Gasteiger partial charge on any atom is 0.0630 e. The summed E-state index contributed by atoms with van der Waals surface area (Å²) in [6.45, 7) is 0. The summed E-state index contributed by atoms with van der Waals surface area (Å²) in [6.07, 6.45) is 43.0. The zero-order chi connectivity index (χ0) is 29.0. The van der Waals surface area contributed by atoms with Crippen LogP contribution < -0.4 is 4.90 Å². The van der Waals surface area contributed by atoms with E-state index in [1.54, 1.807) is 11.1 Å². The molecule has 0 bridgehead atoms. The van der Waals surface area contributed by atoms with Crippen LogP contribution in [0.1, 0.15) is 73.9 Å². The highest BCUT2D eigenvalue weighted by Crippen LogP contribution is 2.47. The quantitative estimate of drug-likeness (QED) is 0.354. The van der Waals surface area contributed by atoms with Gasteiger partial charge in [-0.1, -0.05) is 84.5 Å². The van der Waals surface area contributed by atoms with Gasteiger partial charge in [0.1, 0.15) is 0 Å². The number of hydrogen-bond acceptors (Lipinski definition) is 1. The minimum atomic E-state index is 0.399. The normalized spacial score (nSPS) is 25.0. The van der Waals surface area contributed by atoms with Crippen molar-refractivity contribution in [1.29, 1.82) is 0 Å². The molecular formula is C42H40N2. The molecule has 0 fully saturated rings. The summed E-state index contributed by atoms with van der Waals surface area (Å²) in [5, 5.41) is 0. The molecule has 0 spiro atoms. The number of benzene rings is 1. The summed E-state index contributed by atoms with van der Waals surface area (Å²) >= 11 is 0. The second-order valence-electron chi connectivity index (χ2n) is 13.2. The molecule has 0 radical (unpaired) electrons. The molecule has 0 N–H and O–H groups in total. The highest BCUT2D eigenvalue weighted by molar-refractivity contribution is 5.77. The largest absolute Gasteiger partial charge is 0.337 e. The van der Waals surface area contributed by atoms with Crippen molar-refractivity contribution < 1.29 is 0 Å². The van der Waals surface area contributed by atoms with Crippen molar-refractivity contribution in [2.24, 2.45) is 5.92 Å². The summed E-state index contributed by atoms with van der Waals surface area (Å²) in [4.78, 5) is 2.62. The Hall–Kier alpha value is -4.30. The Balaban J connectivity index is 1.05. The molecule has 2 unspecified atom stereocenters. The van der Waals surface area contributed by atoms with Gasteiger partial charge in [-0.15, -0.1) is 0 Å². The zero-order valence-electron chi connectivity index (χ0n) is 25.5. The van der Waals surface area contributed by atoms with Gasteiger partial charge in [-0.05, 0) is 128 Å². The lowest BCUT2D eigenvalue weighted by Gasteiger charge is -2.32. The summed E-state index contributed by atoms with van der Waals surface area (Å²) in [5.74, 6) is 0.473. The molecule has 7 aliphatic rings. The van der Waals surface area contributed by atoms with Crippen LogP contribution in [0.5, 0.6) is 0 Å². The predicted octanol–water partition coefficient (Wildman–Crippen LogP) is 10.2. The van der Waals surface area contributed by atoms with Crippen molar-refractivity contribution in [2.45, 2.75) is 70.3 Å². The average molecular weight is 573 g/mol. The smallest absolute Gasteiger partial charge is 0.0630 e. The number of aromatic nitrogens is 1. The van der Waals surface area contributed by atoms with Gasteiger partial charge in [-0.3, -0.25) is 0 Å². The van der Waals surface area contributed by atoms with E-state index in [9.17, 15) is 0 Å². The Morgan fingerprint density at radius 3 is 2.48 bits per heavy atom. The lowest BCUT2D eigenvalue weighted by Crippen LogP contribution is -2.31. The van der Waals surface area contributed by atoms with Crippen LogP contribution in [-0.2, 0) is 12.8 Å². The van der Waals surface area contributed by atoms with E-state index in [1.165, 1.54) is 56.3 Å². The third-order valence-corrected chi connectivity index (χ3v) is 10.7. The Bertz CT molecular complexity index is 1850. The maximum atomic E-state index is 2.62. The van der Waals surface area contributed by atoms with Gasteiger partial charge >= 0.3 is 0 Å². The number of nitrogens with zero attached hydrogens (tertiary/aromatic N) is 2. The average Bonchev–Trinajstić information content (AvgIpc) is 3.61. The van der Waals surface area contributed by atoms with Gasteiger partial charge in [-0.2, -0.15) is 0 Å². The summed E-state index contributed by atoms with van der Waals surface area (Å²) in [7, 11) is 0. The monoisotopic (exact) mass is 572 g/mol. The predicted molar refractivity (Wildman–Crippen MR) is 185 cm³/mol. The fourth-order valence-electron chi connectivity index (χ4n) is 8.67. The molecular weight excluding hydrogens is 532 g/mol. The summed E-state index contributed by atoms with van der Waals surface area (Å²) in [6, 6.07) is 11.4. The highest BCUT2D eigenvalue weighted by Gasteiger charge is 2.38. The Labute approximate surface area is 261 Å². The standard InChI is InChI=1S/C42H40N2/c1-3-14-33(15-4-1)43-39-20-9-7-18-35(39)37-27-31(22-24-41(37)43)29-12-11-13-30(26-29)32-23-25-42-38(28-32)36-19-8-10-21-40(36)44(42)34-16-5-2-6-17-34/h1,3-5,7,10-12,14-18,21-22,26-28,30,41H,2,6,8-9,13,19-20,23-25H2. The van der Waals surface area contributed by atoms with E-state index in [1.807, 2.05) is 0 Å². The molecule has 44 heavy (non-hydrogen) atoms. The minimum Gasteiger partial charge on any atom is -0.337 e. The van der Waals surface area contributed by atoms with Crippen molar-refractivity contribution in [3.05, 3.63) is 153 Å². The lowest BCUT2D eigenvalue weighted by atomic mass is 9.80. The molecule has 6 aliphatic carbocycles. The summed E-state index contributed by atoms with van der Waals surface area (Å²) < 4.78 is 2.59. The first-order valence-corrected chi connectivity index (χ1v) is 16.9. The third-order valence-electron chi connectivity index (χ3n) is 10.7. The number of anilines is 1. The van der Waals surface area contributed by atoms with E-state index >= 15 is 0 Å². The van der Waals surface area contributed by atoms with E-state index in [4.69, 9.17) is 0 Å². The van der Waals surface area contributed by atoms with Crippen LogP contribution in [0, 0.1) is 5.92 Å². The molecule has 0 saturated carbocycles. The molecule has 218 valence electrons. The first kappa shape index (κ1) is 26.1. The lowest BCUT2D eigenvalue weighted by molar-refractivity contribution is 0.696. The molecule has 0 saturated heterocycles. The maximum absolute atomic E-state index is 2.62. The molecule has 2 atom stereocenters. The van der Waals surface area contributed by atoms with Crippen molar-refractivity contribution in [3.63, 3.8) is 0 Å². The van der Waals surface area contributed by atoms with Gasteiger partial charge in [0.2, 0.25) is 0 Å². The van der Waals surface area contributed by atoms with Crippen molar-refractivity contribution in [3.8, 4) is 0 Å². The zero-order valence-corrected chi connectivity index (χ0v) is 25.5. The first-order valence-electron chi connectivity index (χ1n) is 16.9. The summed E-state index contributed by atoms with van der Waals surface area (Å²) in [5.41, 5.74) is 17.6. The molecule has 1 aromatic carbocycles. The van der Waals surface area contributed by atoms with E-state index in [-0.39, 0.29) is 0 Å². The van der Waals surface area contributed by atoms with Gasteiger partial charge in [-0.25, -0.2) is 0 Å². The number of rotatable bonds is 4. The Morgan fingerprint density at radius 1 is 0.682 bits per heavy atom. The van der Waals surface area contributed by atoms with Crippen LogP contribution in [0.4, 0.5) is 5.69 Å². The number of hydrogen-bond donors (Lipinski definition) is 0. The van der Waals surface area contributed by atoms with Gasteiger partial charge in [0, 0.05) is 34.4 Å². The first-order chi connectivity index (χ1) is 21.8. The van der Waals surface area contributed by atoms with Crippen LogP contribution >= 0.6 is 0 Å². The molecule has 0 amide bonds. The highest BCUT2D eigenvalue weighted by atomic mass is 15.2. The third kappa shape index (κ3) is 4.22. The van der Waals surface area contributed by atoms with Crippen molar-refractivity contribution in [2.75, 3.05) is 4.90 Å². The second-order valence-corrected chi connectivity index (χ2v) is 13.2. The Kier molecular flexibility index (Phi) is 6.35. The van der Waals surface area contributed by atoms with E-state index < -0.39 is 0 Å². The van der Waals surface area contributed by atoms with Crippen molar-refractivity contribution in [1.82, 2.24) is 4.57 Å². The van der Waals surface area contributed by atoms with E-state index in [0.29, 0.717) is 12.0 Å². The topological polar surface area (TPSA) is 8.17 Å². The van der Waals surface area contributed by atoms with Gasteiger partial charge in [0.15, 0.2) is 0 Å². The molecule has 1 aliphatic heterocycles. The Morgan fingerprint density at radius 2 is 1.57 bits per heavy atom. The van der Waals surface area contributed by atoms with Crippen LogP contribution in [0.15, 0.2) is 131 Å². The number of allylic oxidation sites excluding steroid dienone is 15. The fourth-order valence-corrected chi connectivity index (χ4v) is 8.67. The molecule has 2 heterocycles. The van der Waals surface area contributed by atoms with Gasteiger partial charge < -0.3 is 9.47 Å². The van der Waals surface area contributed by atoms with Crippen LogP contribution in [-0.4, -0.2) is 10.6 Å². The van der Waals surface area contributed by atoms with E-state index in [2.05, 4.69) is 119 Å². The molecule has 1 aromatic heterocycles. The van der Waals surface area contributed by atoms with Crippen LogP contribution in [0.2, 0.25) is 0 Å². The number of para-hydroxylation sites is 1. The second kappa shape index (κ2) is 10.7. The molecule has 9 rings (SSSR count). The van der Waals surface area contributed by atoms with E-state index in [0.717, 1.165) is 64.2 Å². The van der Waals surface area contributed by atoms with Crippen LogP contribution in [0.25, 0.3) is 17.8 Å². The molecule has 2 heteroatoms. The molecule has 2 nitrogen and oxygen atoms in total. The van der Waals surface area contributed by atoms with Gasteiger partial charge in [0.25, 0.3) is 0 Å². The van der Waals surface area contributed by atoms with Crippen LogP contribution in [0.3, 0.4) is 0 Å². The SMILES string of the molecule is C1=CC(n2c3c(c4c2CCC(C2C=C(C5=CCC6C(=C5)C5=C(CCC=C5)N6c5ccccc5)C=CC2)=C4)CCC=C3)=CCC1. The molecule has 2 aromatic rings. The van der Waals surface area contributed by atoms with Crippen molar-refractivity contribution >= 4 is 23.5 Å². The van der Waals surface area contributed by atoms with Gasteiger partial charge in [0.05, 0.1) is 6.04 Å². The fraction of sp³-hybridized carbons (Fsp3) is 0.286. The number of fused-ring (bicyclic) bond motifs is 5. The minimum absolute atomic E-state index is 0.399.